The molecule has 1 amide bonds. The molecule has 3 heteroatoms. The minimum atomic E-state index is 0.353. The second-order valence-electron chi connectivity index (χ2n) is 5.28. The highest BCUT2D eigenvalue weighted by Gasteiger charge is 2.31. The molecule has 2 fully saturated rings. The minimum absolute atomic E-state index is 0.353. The zero-order valence-electron chi connectivity index (χ0n) is 9.83. The molecule has 15 heavy (non-hydrogen) atoms. The molecular formula is C12H22N2O. The summed E-state index contributed by atoms with van der Waals surface area (Å²) in [7, 11) is 0. The van der Waals surface area contributed by atoms with Crippen molar-refractivity contribution in [1.29, 1.82) is 0 Å². The van der Waals surface area contributed by atoms with Gasteiger partial charge in [-0.2, -0.15) is 0 Å². The van der Waals surface area contributed by atoms with Crippen LogP contribution in [0, 0.1) is 11.8 Å². The third-order valence-electron chi connectivity index (χ3n) is 3.58. The predicted molar refractivity (Wildman–Crippen MR) is 60.5 cm³/mol. The first-order valence-corrected chi connectivity index (χ1v) is 6.18. The summed E-state index contributed by atoms with van der Waals surface area (Å²) in [5.74, 6) is 1.57. The fraction of sp³-hybridized carbons (Fsp3) is 0.917. The molecule has 1 atom stereocenters. The van der Waals surface area contributed by atoms with Crippen LogP contribution in [0.25, 0.3) is 0 Å². The van der Waals surface area contributed by atoms with Crippen molar-refractivity contribution in [3.05, 3.63) is 0 Å². The molecule has 1 N–H and O–H groups in total. The average molecular weight is 210 g/mol. The molecule has 0 radical (unpaired) electrons. The van der Waals surface area contributed by atoms with Gasteiger partial charge in [-0.05, 0) is 24.7 Å². The van der Waals surface area contributed by atoms with E-state index in [4.69, 9.17) is 0 Å². The molecule has 0 spiro atoms. The molecule has 1 heterocycles. The van der Waals surface area contributed by atoms with Crippen LogP contribution in [0.4, 0.5) is 0 Å². The molecule has 1 saturated heterocycles. The lowest BCUT2D eigenvalue weighted by Gasteiger charge is -2.18. The number of carbonyl (C=O) groups excluding carboxylic acids is 1. The fourth-order valence-electron chi connectivity index (χ4n) is 2.16. The number of carbonyl (C=O) groups is 1. The number of amides is 1. The number of hydrogen-bond acceptors (Lipinski definition) is 2. The van der Waals surface area contributed by atoms with E-state index in [0.29, 0.717) is 17.7 Å². The van der Waals surface area contributed by atoms with Crippen LogP contribution in [-0.2, 0) is 4.79 Å². The first-order valence-electron chi connectivity index (χ1n) is 6.18. The van der Waals surface area contributed by atoms with Gasteiger partial charge in [0, 0.05) is 32.1 Å². The van der Waals surface area contributed by atoms with Gasteiger partial charge in [-0.1, -0.05) is 13.8 Å². The molecular weight excluding hydrogens is 188 g/mol. The number of likely N-dealkylation sites (tertiary alicyclic amines) is 1. The van der Waals surface area contributed by atoms with E-state index in [1.165, 1.54) is 12.8 Å². The molecule has 2 aliphatic rings. The lowest BCUT2D eigenvalue weighted by atomic mass is 9.95. The van der Waals surface area contributed by atoms with Crippen LogP contribution in [0.1, 0.15) is 33.1 Å². The number of rotatable bonds is 5. The normalized spacial score (nSPS) is 26.7. The van der Waals surface area contributed by atoms with Gasteiger partial charge in [0.2, 0.25) is 5.91 Å². The van der Waals surface area contributed by atoms with Gasteiger partial charge < -0.3 is 10.2 Å². The molecule has 86 valence electrons. The van der Waals surface area contributed by atoms with E-state index in [1.807, 2.05) is 4.90 Å². The topological polar surface area (TPSA) is 32.3 Å². The molecule has 3 nitrogen and oxygen atoms in total. The molecule has 0 aromatic rings. The number of nitrogens with one attached hydrogen (secondary N) is 1. The van der Waals surface area contributed by atoms with Crippen LogP contribution < -0.4 is 5.32 Å². The second kappa shape index (κ2) is 4.52. The third-order valence-corrected chi connectivity index (χ3v) is 3.58. The van der Waals surface area contributed by atoms with Gasteiger partial charge in [-0.3, -0.25) is 4.79 Å². The Bertz CT molecular complexity index is 236. The maximum atomic E-state index is 11.7. The predicted octanol–water partition coefficient (Wildman–Crippen LogP) is 1.24. The van der Waals surface area contributed by atoms with Gasteiger partial charge >= 0.3 is 0 Å². The molecule has 1 saturated carbocycles. The van der Waals surface area contributed by atoms with Crippen molar-refractivity contribution in [3.63, 3.8) is 0 Å². The third kappa shape index (κ3) is 2.94. The van der Waals surface area contributed by atoms with Gasteiger partial charge in [0.1, 0.15) is 0 Å². The number of hydrogen-bond donors (Lipinski definition) is 1. The van der Waals surface area contributed by atoms with E-state index < -0.39 is 0 Å². The van der Waals surface area contributed by atoms with E-state index in [1.54, 1.807) is 0 Å². The lowest BCUT2D eigenvalue weighted by Crippen LogP contribution is -2.34. The van der Waals surface area contributed by atoms with Crippen molar-refractivity contribution in [2.75, 3.05) is 19.6 Å². The Morgan fingerprint density at radius 1 is 1.47 bits per heavy atom. The van der Waals surface area contributed by atoms with E-state index >= 15 is 0 Å². The highest BCUT2D eigenvalue weighted by atomic mass is 16.2. The zero-order valence-corrected chi connectivity index (χ0v) is 9.83. The summed E-state index contributed by atoms with van der Waals surface area (Å²) >= 11 is 0. The van der Waals surface area contributed by atoms with E-state index in [9.17, 15) is 4.79 Å². The van der Waals surface area contributed by atoms with Gasteiger partial charge in [0.25, 0.3) is 0 Å². The van der Waals surface area contributed by atoms with Crippen LogP contribution in [-0.4, -0.2) is 36.5 Å². The molecule has 2 rings (SSSR count). The molecule has 0 aromatic carbocycles. The van der Waals surface area contributed by atoms with Gasteiger partial charge in [-0.25, -0.2) is 0 Å². The maximum absolute atomic E-state index is 11.7. The Labute approximate surface area is 92.2 Å². The van der Waals surface area contributed by atoms with Crippen molar-refractivity contribution in [3.8, 4) is 0 Å². The quantitative estimate of drug-likeness (QED) is 0.740. The fourth-order valence-corrected chi connectivity index (χ4v) is 2.16. The van der Waals surface area contributed by atoms with Crippen LogP contribution in [0.15, 0.2) is 0 Å². The summed E-state index contributed by atoms with van der Waals surface area (Å²) in [6, 6.07) is 0.753. The lowest BCUT2D eigenvalue weighted by molar-refractivity contribution is -0.127. The smallest absolute Gasteiger partial charge is 0.222 e. The molecule has 1 aliphatic heterocycles. The monoisotopic (exact) mass is 210 g/mol. The first kappa shape index (κ1) is 10.9. The van der Waals surface area contributed by atoms with Gasteiger partial charge in [-0.15, -0.1) is 0 Å². The highest BCUT2D eigenvalue weighted by molar-refractivity contribution is 5.78. The highest BCUT2D eigenvalue weighted by Crippen LogP contribution is 2.24. The van der Waals surface area contributed by atoms with Crippen LogP contribution >= 0.6 is 0 Å². The maximum Gasteiger partial charge on any atom is 0.222 e. The Morgan fingerprint density at radius 2 is 2.20 bits per heavy atom. The molecule has 0 aromatic heterocycles. The largest absolute Gasteiger partial charge is 0.341 e. The van der Waals surface area contributed by atoms with Gasteiger partial charge in [0.05, 0.1) is 0 Å². The van der Waals surface area contributed by atoms with Crippen LogP contribution in [0.3, 0.4) is 0 Å². The summed E-state index contributed by atoms with van der Waals surface area (Å²) < 4.78 is 0. The zero-order chi connectivity index (χ0) is 10.8. The Kier molecular flexibility index (Phi) is 3.29. The van der Waals surface area contributed by atoms with Crippen molar-refractivity contribution in [1.82, 2.24) is 10.2 Å². The van der Waals surface area contributed by atoms with Crippen molar-refractivity contribution in [2.45, 2.75) is 39.2 Å². The summed E-state index contributed by atoms with van der Waals surface area (Å²) in [6.07, 6.45) is 3.41. The van der Waals surface area contributed by atoms with Crippen LogP contribution in [0.5, 0.6) is 0 Å². The van der Waals surface area contributed by atoms with Crippen molar-refractivity contribution < 1.29 is 4.79 Å². The summed E-state index contributed by atoms with van der Waals surface area (Å²) in [6.45, 7) is 7.27. The first-order chi connectivity index (χ1) is 7.16. The van der Waals surface area contributed by atoms with Crippen molar-refractivity contribution in [2.24, 2.45) is 11.8 Å². The van der Waals surface area contributed by atoms with Crippen LogP contribution in [0.2, 0.25) is 0 Å². The Hall–Kier alpha value is -0.570. The van der Waals surface area contributed by atoms with E-state index in [-0.39, 0.29) is 0 Å². The Balaban J connectivity index is 1.69. The summed E-state index contributed by atoms with van der Waals surface area (Å²) in [5.41, 5.74) is 0. The second-order valence-corrected chi connectivity index (χ2v) is 5.28. The average Bonchev–Trinajstić information content (AvgIpc) is 2.91. The van der Waals surface area contributed by atoms with Crippen molar-refractivity contribution >= 4 is 5.91 Å². The standard InChI is InChI=1S/C12H22N2O/c1-9(2)10-7-12(15)14(8-10)6-5-13-11-3-4-11/h9-11,13H,3-8H2,1-2H3. The SMILES string of the molecule is CC(C)C1CC(=O)N(CCNC2CC2)C1. The Morgan fingerprint density at radius 3 is 2.73 bits per heavy atom. The molecule has 1 aliphatic carbocycles. The summed E-state index contributed by atoms with van der Waals surface area (Å²) in [5, 5.41) is 3.45. The molecule has 1 unspecified atom stereocenters. The van der Waals surface area contributed by atoms with Gasteiger partial charge in [0.15, 0.2) is 0 Å². The van der Waals surface area contributed by atoms with E-state index in [0.717, 1.165) is 32.1 Å². The minimum Gasteiger partial charge on any atom is -0.341 e. The number of nitrogens with zero attached hydrogens (tertiary/aromatic N) is 1. The molecule has 0 bridgehead atoms. The van der Waals surface area contributed by atoms with E-state index in [2.05, 4.69) is 19.2 Å². The summed E-state index contributed by atoms with van der Waals surface area (Å²) in [4.78, 5) is 13.7.